The average Bonchev–Trinajstić information content (AvgIpc) is 3.91. The Morgan fingerprint density at radius 1 is 0.705 bits per heavy atom. The summed E-state index contributed by atoms with van der Waals surface area (Å²) in [6.45, 7) is 22.7. The number of benzene rings is 5. The molecule has 3 aliphatic carbocycles. The van der Waals surface area contributed by atoms with Gasteiger partial charge in [-0.3, -0.25) is 0 Å². The largest absolute Gasteiger partial charge is 0.404 e. The Balaban J connectivity index is 1.32. The standard InChI is InChI=1S/C67H89FO7SSi2/c1-50(29-27-45-65(8,9)73-49-72-11)59-43-44-60-51(30-28-46-66(59,60)10)41-42-52-47-53(74-77(63(2,3)4,55-33-19-13-20-34-55)56-35-21-14-22-36-56)48-61(67(52,69)62(68)76(70,71)54-31-17-12-18-32-54)75-78(64(5,6)7,57-37-23-15-24-38-57)58-39-25-16-26-40-58/h12-26,31-42,50,53,59-62,69H,27-30,43-49H2,1-11H3/b51-41+,52-42+/t50-,53-,59-,60+,61+,62?,66-,67?/m1/s1. The molecule has 0 aliphatic heterocycles. The first-order valence-electron chi connectivity index (χ1n) is 28.7. The summed E-state index contributed by atoms with van der Waals surface area (Å²) in [7, 11) is -10.1. The lowest BCUT2D eigenvalue weighted by Crippen LogP contribution is -2.72. The van der Waals surface area contributed by atoms with E-state index in [4.69, 9.17) is 18.3 Å². The van der Waals surface area contributed by atoms with E-state index in [1.165, 1.54) is 17.7 Å². The van der Waals surface area contributed by atoms with Gasteiger partial charge in [0.25, 0.3) is 16.6 Å². The van der Waals surface area contributed by atoms with Crippen LogP contribution in [0.3, 0.4) is 0 Å². The van der Waals surface area contributed by atoms with Crippen LogP contribution in [0.4, 0.5) is 4.39 Å². The molecule has 7 nitrogen and oxygen atoms in total. The smallest absolute Gasteiger partial charge is 0.261 e. The molecule has 0 bridgehead atoms. The van der Waals surface area contributed by atoms with E-state index in [9.17, 15) is 5.11 Å². The molecule has 3 saturated carbocycles. The zero-order valence-electron chi connectivity index (χ0n) is 48.5. The van der Waals surface area contributed by atoms with Gasteiger partial charge in [-0.25, -0.2) is 12.8 Å². The summed E-state index contributed by atoms with van der Waals surface area (Å²) in [5, 5.41) is 17.3. The van der Waals surface area contributed by atoms with Crippen molar-refractivity contribution in [3.63, 3.8) is 0 Å². The third-order valence-corrected chi connectivity index (χ3v) is 30.3. The summed E-state index contributed by atoms with van der Waals surface area (Å²) in [4.78, 5) is -0.196. The van der Waals surface area contributed by atoms with Crippen LogP contribution >= 0.6 is 0 Å². The fraction of sp³-hybridized carbons (Fsp3) is 0.493. The van der Waals surface area contributed by atoms with Crippen LogP contribution in [0.5, 0.6) is 0 Å². The fourth-order valence-corrected chi connectivity index (χ4v) is 25.4. The second-order valence-corrected chi connectivity index (χ2v) is 36.3. The van der Waals surface area contributed by atoms with Crippen molar-refractivity contribution in [3.8, 4) is 0 Å². The number of allylic oxidation sites excluding steroid dienone is 3. The van der Waals surface area contributed by atoms with E-state index >= 15 is 12.8 Å². The van der Waals surface area contributed by atoms with E-state index in [1.54, 1.807) is 25.3 Å². The van der Waals surface area contributed by atoms with Crippen LogP contribution in [0, 0.1) is 23.2 Å². The number of aliphatic hydroxyl groups is 1. The second kappa shape index (κ2) is 24.0. The summed E-state index contributed by atoms with van der Waals surface area (Å²) < 4.78 is 76.5. The fourth-order valence-electron chi connectivity index (χ4n) is 14.4. The normalized spacial score (nSPS) is 25.4. The van der Waals surface area contributed by atoms with E-state index in [0.717, 1.165) is 72.1 Å². The third kappa shape index (κ3) is 11.7. The highest BCUT2D eigenvalue weighted by Crippen LogP contribution is 2.60. The van der Waals surface area contributed by atoms with Crippen molar-refractivity contribution in [1.29, 1.82) is 0 Å². The highest BCUT2D eigenvalue weighted by Gasteiger charge is 2.63. The van der Waals surface area contributed by atoms with Crippen LogP contribution < -0.4 is 20.7 Å². The van der Waals surface area contributed by atoms with Crippen LogP contribution in [0.1, 0.15) is 133 Å². The Morgan fingerprint density at radius 3 is 1.65 bits per heavy atom. The molecule has 3 fully saturated rings. The summed E-state index contributed by atoms with van der Waals surface area (Å²) in [6, 6.07) is 49.0. The van der Waals surface area contributed by atoms with Gasteiger partial charge in [0.1, 0.15) is 6.79 Å². The minimum Gasteiger partial charge on any atom is -0.404 e. The third-order valence-electron chi connectivity index (χ3n) is 18.3. The molecule has 0 amide bonds. The lowest BCUT2D eigenvalue weighted by atomic mass is 9.60. The second-order valence-electron chi connectivity index (χ2n) is 25.8. The monoisotopic (exact) mass is 1110 g/mol. The zero-order chi connectivity index (χ0) is 56.2. The maximum atomic E-state index is 18.9. The number of halogens is 1. The Labute approximate surface area is 470 Å². The molecule has 11 heteroatoms. The number of rotatable bonds is 20. The van der Waals surface area contributed by atoms with Crippen molar-refractivity contribution in [2.75, 3.05) is 13.9 Å². The molecule has 8 atom stereocenters. The predicted molar refractivity (Wildman–Crippen MR) is 322 cm³/mol. The molecule has 3 aliphatic rings. The first kappa shape index (κ1) is 59.8. The first-order valence-corrected chi connectivity index (χ1v) is 34.1. The van der Waals surface area contributed by atoms with Crippen molar-refractivity contribution < 1.29 is 36.2 Å². The van der Waals surface area contributed by atoms with E-state index in [0.29, 0.717) is 11.8 Å². The molecular formula is C67H89FO7SSi2. The molecule has 2 unspecified atom stereocenters. The van der Waals surface area contributed by atoms with E-state index in [-0.39, 0.29) is 47.0 Å². The number of alkyl halides is 1. The van der Waals surface area contributed by atoms with Gasteiger partial charge in [-0.1, -0.05) is 225 Å². The molecule has 0 spiro atoms. The van der Waals surface area contributed by atoms with Crippen molar-refractivity contribution in [1.82, 2.24) is 0 Å². The van der Waals surface area contributed by atoms with E-state index < -0.39 is 59.9 Å². The van der Waals surface area contributed by atoms with Gasteiger partial charge in [0.2, 0.25) is 15.3 Å². The average molecular weight is 1110 g/mol. The van der Waals surface area contributed by atoms with Crippen LogP contribution in [-0.4, -0.2) is 73.0 Å². The predicted octanol–water partition coefficient (Wildman–Crippen LogP) is 13.4. The van der Waals surface area contributed by atoms with Gasteiger partial charge in [-0.15, -0.1) is 0 Å². The maximum absolute atomic E-state index is 18.9. The van der Waals surface area contributed by atoms with Gasteiger partial charge in [0.15, 0.2) is 5.60 Å². The highest BCUT2D eigenvalue weighted by atomic mass is 32.2. The number of ether oxygens (including phenoxy) is 2. The SMILES string of the molecule is COCOC(C)(C)CCC[C@@H](C)[C@H]1CC[C@H]2/C(=C/C=C3\C[C@@H](O[Si](c4ccccc4)(c4ccccc4)C(C)(C)C)C[C@H](O[Si](c4ccccc4)(c4ccccc4)C(C)(C)C)C3(O)C(F)S(=O)(=O)c3ccccc3)CCC[C@]12C. The zero-order valence-corrected chi connectivity index (χ0v) is 51.3. The lowest BCUT2D eigenvalue weighted by Gasteiger charge is -2.53. The summed E-state index contributed by atoms with van der Waals surface area (Å²) >= 11 is 0. The quantitative estimate of drug-likeness (QED) is 0.0613. The summed E-state index contributed by atoms with van der Waals surface area (Å²) in [5.41, 5.74) is -4.12. The van der Waals surface area contributed by atoms with Crippen LogP contribution in [0.25, 0.3) is 0 Å². The molecule has 8 rings (SSSR count). The van der Waals surface area contributed by atoms with Crippen LogP contribution in [0.2, 0.25) is 10.1 Å². The highest BCUT2D eigenvalue weighted by molar-refractivity contribution is 7.92. The Morgan fingerprint density at radius 2 is 1.18 bits per heavy atom. The topological polar surface area (TPSA) is 91.3 Å². The molecule has 0 aromatic heterocycles. The van der Waals surface area contributed by atoms with Gasteiger partial charge in [-0.05, 0) is 130 Å². The van der Waals surface area contributed by atoms with Gasteiger partial charge in [0, 0.05) is 13.5 Å². The maximum Gasteiger partial charge on any atom is 0.261 e. The molecule has 5 aromatic rings. The lowest BCUT2D eigenvalue weighted by molar-refractivity contribution is -0.118. The number of hydrogen-bond donors (Lipinski definition) is 1. The van der Waals surface area contributed by atoms with Crippen molar-refractivity contribution in [2.24, 2.45) is 23.2 Å². The molecule has 5 aromatic carbocycles. The van der Waals surface area contributed by atoms with Crippen molar-refractivity contribution in [2.45, 2.75) is 177 Å². The van der Waals surface area contributed by atoms with E-state index in [2.05, 4.69) is 148 Å². The van der Waals surface area contributed by atoms with Gasteiger partial charge in [-0.2, -0.15) is 0 Å². The Kier molecular flexibility index (Phi) is 18.4. The molecule has 420 valence electrons. The van der Waals surface area contributed by atoms with Gasteiger partial charge >= 0.3 is 0 Å². The summed E-state index contributed by atoms with van der Waals surface area (Å²) in [5.74, 6) is 1.32. The number of hydrogen-bond acceptors (Lipinski definition) is 7. The Bertz CT molecular complexity index is 2830. The first-order chi connectivity index (χ1) is 37.0. The molecule has 0 heterocycles. The van der Waals surface area contributed by atoms with Gasteiger partial charge < -0.3 is 23.4 Å². The minimum absolute atomic E-state index is 0.0279. The van der Waals surface area contributed by atoms with Gasteiger partial charge in [0.05, 0.1) is 22.7 Å². The molecule has 1 N–H and O–H groups in total. The van der Waals surface area contributed by atoms with Crippen molar-refractivity contribution in [3.05, 3.63) is 175 Å². The van der Waals surface area contributed by atoms with Crippen molar-refractivity contribution >= 4 is 47.2 Å². The van der Waals surface area contributed by atoms with Crippen LogP contribution in [-0.2, 0) is 28.2 Å². The molecular weight excluding hydrogens is 1020 g/mol. The number of methoxy groups -OCH3 is 1. The Hall–Kier alpha value is -4.31. The number of sulfone groups is 1. The number of fused-ring (bicyclic) bond motifs is 1. The molecule has 78 heavy (non-hydrogen) atoms. The van der Waals surface area contributed by atoms with E-state index in [1.807, 2.05) is 54.6 Å². The minimum atomic E-state index is -4.84. The molecule has 0 radical (unpaired) electrons. The van der Waals surface area contributed by atoms with Crippen LogP contribution in [0.15, 0.2) is 180 Å². The molecule has 0 saturated heterocycles. The summed E-state index contributed by atoms with van der Waals surface area (Å²) in [6.07, 6.45) is 10.4.